The van der Waals surface area contributed by atoms with Crippen LogP contribution in [0.25, 0.3) is 0 Å². The Morgan fingerprint density at radius 3 is 2.50 bits per heavy atom. The van der Waals surface area contributed by atoms with Crippen LogP contribution in [0.2, 0.25) is 10.0 Å². The van der Waals surface area contributed by atoms with Gasteiger partial charge in [-0.2, -0.15) is 10.2 Å². The molecule has 0 bridgehead atoms. The van der Waals surface area contributed by atoms with E-state index in [4.69, 9.17) is 23.2 Å². The third kappa shape index (κ3) is 3.92. The van der Waals surface area contributed by atoms with E-state index < -0.39 is 6.04 Å². The van der Waals surface area contributed by atoms with Gasteiger partial charge in [0.15, 0.2) is 0 Å². The molecule has 1 aromatic carbocycles. The Morgan fingerprint density at radius 1 is 1.19 bits per heavy atom. The minimum atomic E-state index is -0.485. The molecule has 1 unspecified atom stereocenters. The lowest BCUT2D eigenvalue weighted by molar-refractivity contribution is -0.119. The maximum atomic E-state index is 12.6. The molecule has 136 valence electrons. The van der Waals surface area contributed by atoms with E-state index in [1.54, 1.807) is 13.1 Å². The number of nitrogens with zero attached hydrogens (tertiary/aromatic N) is 4. The van der Waals surface area contributed by atoms with E-state index in [0.29, 0.717) is 22.3 Å². The molecule has 1 N–H and O–H groups in total. The van der Waals surface area contributed by atoms with Crippen molar-refractivity contribution in [2.45, 2.75) is 33.4 Å². The van der Waals surface area contributed by atoms with Gasteiger partial charge in [0.05, 0.1) is 34.8 Å². The number of carbonyl (C=O) groups is 1. The van der Waals surface area contributed by atoms with Crippen molar-refractivity contribution in [2.24, 2.45) is 0 Å². The minimum absolute atomic E-state index is 0.179. The zero-order chi connectivity index (χ0) is 18.8. The van der Waals surface area contributed by atoms with Crippen molar-refractivity contribution in [3.05, 3.63) is 63.7 Å². The molecule has 0 radical (unpaired) electrons. The Morgan fingerprint density at radius 2 is 1.88 bits per heavy atom. The Bertz CT molecular complexity index is 930. The van der Waals surface area contributed by atoms with Gasteiger partial charge in [0.25, 0.3) is 0 Å². The molecule has 0 saturated heterocycles. The van der Waals surface area contributed by atoms with Crippen molar-refractivity contribution < 1.29 is 4.79 Å². The van der Waals surface area contributed by atoms with Gasteiger partial charge in [-0.25, -0.2) is 0 Å². The highest BCUT2D eigenvalue weighted by Crippen LogP contribution is 2.22. The molecule has 1 atom stereocenters. The molecule has 3 rings (SSSR count). The van der Waals surface area contributed by atoms with Crippen LogP contribution in [0, 0.1) is 13.8 Å². The molecule has 8 heteroatoms. The number of halogens is 2. The highest BCUT2D eigenvalue weighted by atomic mass is 35.5. The molecular weight excluding hydrogens is 373 g/mol. The van der Waals surface area contributed by atoms with Gasteiger partial charge in [0.1, 0.15) is 6.04 Å². The van der Waals surface area contributed by atoms with E-state index in [9.17, 15) is 4.79 Å². The summed E-state index contributed by atoms with van der Waals surface area (Å²) in [6.45, 7) is 6.17. The number of carbonyl (C=O) groups excluding carboxylic acids is 1. The third-order valence-electron chi connectivity index (χ3n) is 4.22. The van der Waals surface area contributed by atoms with E-state index in [2.05, 4.69) is 15.5 Å². The van der Waals surface area contributed by atoms with Crippen molar-refractivity contribution in [3.63, 3.8) is 0 Å². The Labute approximate surface area is 161 Å². The molecule has 0 aliphatic heterocycles. The van der Waals surface area contributed by atoms with Crippen LogP contribution in [0.15, 0.2) is 36.7 Å². The standard InChI is InChI=1S/C18H19Cl2N5O/c1-11-17(22-18(26)13(3)24-10-16(20)8-21-24)12(2)25(23-11)9-14-4-6-15(19)7-5-14/h4-8,10,13H,9H2,1-3H3,(H,22,26). The van der Waals surface area contributed by atoms with E-state index in [1.807, 2.05) is 42.8 Å². The van der Waals surface area contributed by atoms with Crippen LogP contribution in [0.3, 0.4) is 0 Å². The maximum Gasteiger partial charge on any atom is 0.249 e. The SMILES string of the molecule is Cc1nn(Cc2ccc(Cl)cc2)c(C)c1NC(=O)C(C)n1cc(Cl)cn1. The zero-order valence-electron chi connectivity index (χ0n) is 14.7. The summed E-state index contributed by atoms with van der Waals surface area (Å²) < 4.78 is 3.39. The fraction of sp³-hybridized carbons (Fsp3) is 0.278. The molecule has 26 heavy (non-hydrogen) atoms. The lowest BCUT2D eigenvalue weighted by atomic mass is 10.2. The van der Waals surface area contributed by atoms with E-state index in [-0.39, 0.29) is 5.91 Å². The zero-order valence-corrected chi connectivity index (χ0v) is 16.2. The molecule has 0 spiro atoms. The van der Waals surface area contributed by atoms with Crippen LogP contribution >= 0.6 is 23.2 Å². The number of benzene rings is 1. The average molecular weight is 392 g/mol. The average Bonchev–Trinajstić information content (AvgIpc) is 3.15. The molecule has 0 aliphatic rings. The number of nitrogens with one attached hydrogen (secondary N) is 1. The van der Waals surface area contributed by atoms with Crippen LogP contribution in [0.1, 0.15) is 29.9 Å². The van der Waals surface area contributed by atoms with Crippen LogP contribution < -0.4 is 5.32 Å². The van der Waals surface area contributed by atoms with Crippen molar-refractivity contribution in [3.8, 4) is 0 Å². The number of hydrogen-bond donors (Lipinski definition) is 1. The van der Waals surface area contributed by atoms with Gasteiger partial charge in [0.2, 0.25) is 5.91 Å². The first kappa shape index (κ1) is 18.5. The summed E-state index contributed by atoms with van der Waals surface area (Å²) in [4.78, 5) is 12.6. The highest BCUT2D eigenvalue weighted by molar-refractivity contribution is 6.30. The molecule has 6 nitrogen and oxygen atoms in total. The van der Waals surface area contributed by atoms with E-state index in [1.165, 1.54) is 10.9 Å². The van der Waals surface area contributed by atoms with Gasteiger partial charge < -0.3 is 5.32 Å². The lowest BCUT2D eigenvalue weighted by Gasteiger charge is -2.13. The molecule has 0 fully saturated rings. The van der Waals surface area contributed by atoms with Gasteiger partial charge in [0, 0.05) is 11.2 Å². The van der Waals surface area contributed by atoms with Crippen molar-refractivity contribution in [1.29, 1.82) is 0 Å². The monoisotopic (exact) mass is 391 g/mol. The minimum Gasteiger partial charge on any atom is -0.321 e. The normalized spacial score (nSPS) is 12.2. The number of hydrogen-bond acceptors (Lipinski definition) is 3. The number of rotatable bonds is 5. The fourth-order valence-electron chi connectivity index (χ4n) is 2.67. The predicted molar refractivity (Wildman–Crippen MR) is 103 cm³/mol. The summed E-state index contributed by atoms with van der Waals surface area (Å²) in [5.41, 5.74) is 3.44. The van der Waals surface area contributed by atoms with Crippen molar-refractivity contribution >= 4 is 34.8 Å². The first-order chi connectivity index (χ1) is 12.3. The van der Waals surface area contributed by atoms with Crippen LogP contribution in [-0.4, -0.2) is 25.5 Å². The van der Waals surface area contributed by atoms with Gasteiger partial charge in [-0.15, -0.1) is 0 Å². The molecule has 2 aromatic heterocycles. The summed E-state index contributed by atoms with van der Waals surface area (Å²) >= 11 is 11.8. The second-order valence-corrected chi connectivity index (χ2v) is 7.01. The Balaban J connectivity index is 1.77. The fourth-order valence-corrected chi connectivity index (χ4v) is 2.94. The van der Waals surface area contributed by atoms with Gasteiger partial charge >= 0.3 is 0 Å². The summed E-state index contributed by atoms with van der Waals surface area (Å²) in [5, 5.41) is 12.8. The molecule has 2 heterocycles. The summed E-state index contributed by atoms with van der Waals surface area (Å²) in [7, 11) is 0. The predicted octanol–water partition coefficient (Wildman–Crippen LogP) is 4.25. The topological polar surface area (TPSA) is 64.7 Å². The van der Waals surface area contributed by atoms with Crippen LogP contribution in [-0.2, 0) is 11.3 Å². The van der Waals surface area contributed by atoms with Crippen molar-refractivity contribution in [1.82, 2.24) is 19.6 Å². The molecule has 3 aromatic rings. The van der Waals surface area contributed by atoms with E-state index >= 15 is 0 Å². The lowest BCUT2D eigenvalue weighted by Crippen LogP contribution is -2.24. The first-order valence-corrected chi connectivity index (χ1v) is 8.89. The van der Waals surface area contributed by atoms with Crippen molar-refractivity contribution in [2.75, 3.05) is 5.32 Å². The molecule has 1 amide bonds. The number of aryl methyl sites for hydroxylation is 1. The Kier molecular flexibility index (Phi) is 5.34. The maximum absolute atomic E-state index is 12.6. The third-order valence-corrected chi connectivity index (χ3v) is 4.67. The molecule has 0 aliphatic carbocycles. The summed E-state index contributed by atoms with van der Waals surface area (Å²) in [6, 6.07) is 7.13. The first-order valence-electron chi connectivity index (χ1n) is 8.14. The van der Waals surface area contributed by atoms with Gasteiger partial charge in [-0.3, -0.25) is 14.2 Å². The van der Waals surface area contributed by atoms with Gasteiger partial charge in [-0.1, -0.05) is 35.3 Å². The largest absolute Gasteiger partial charge is 0.321 e. The highest BCUT2D eigenvalue weighted by Gasteiger charge is 2.20. The summed E-state index contributed by atoms with van der Waals surface area (Å²) in [6.07, 6.45) is 3.13. The van der Waals surface area contributed by atoms with E-state index in [0.717, 1.165) is 17.0 Å². The molecular formula is C18H19Cl2N5O. The Hall–Kier alpha value is -2.31. The number of aromatic nitrogens is 4. The number of amides is 1. The summed E-state index contributed by atoms with van der Waals surface area (Å²) in [5.74, 6) is -0.179. The van der Waals surface area contributed by atoms with Crippen LogP contribution in [0.4, 0.5) is 5.69 Å². The smallest absolute Gasteiger partial charge is 0.249 e. The number of anilines is 1. The second-order valence-electron chi connectivity index (χ2n) is 6.13. The van der Waals surface area contributed by atoms with Gasteiger partial charge in [-0.05, 0) is 38.5 Å². The second kappa shape index (κ2) is 7.51. The van der Waals surface area contributed by atoms with Crippen LogP contribution in [0.5, 0.6) is 0 Å². The molecule has 0 saturated carbocycles. The quantitative estimate of drug-likeness (QED) is 0.706.